The Morgan fingerprint density at radius 2 is 1.88 bits per heavy atom. The fraction of sp³-hybridized carbons (Fsp3) is 0.529. The minimum atomic E-state index is -4.83. The van der Waals surface area contributed by atoms with E-state index in [1.165, 1.54) is 24.3 Å². The van der Waals surface area contributed by atoms with Crippen molar-refractivity contribution in [2.45, 2.75) is 30.6 Å². The number of nitrogens with one attached hydrogen (secondary N) is 1. The molecule has 2 rings (SSSR count). The van der Waals surface area contributed by atoms with E-state index in [2.05, 4.69) is 33.1 Å². The molecule has 0 spiro atoms. The van der Waals surface area contributed by atoms with Gasteiger partial charge in [-0.25, -0.2) is 8.42 Å². The molecule has 1 aromatic carbocycles. The lowest BCUT2D eigenvalue weighted by Gasteiger charge is -2.35. The lowest BCUT2D eigenvalue weighted by atomic mass is 9.88. The predicted molar refractivity (Wildman–Crippen MR) is 96.1 cm³/mol. The van der Waals surface area contributed by atoms with E-state index in [1.807, 2.05) is 0 Å². The number of benzene rings is 1. The summed E-state index contributed by atoms with van der Waals surface area (Å²) in [6.07, 6.45) is -2.43. The second-order valence-corrected chi connectivity index (χ2v) is 9.52. The van der Waals surface area contributed by atoms with Gasteiger partial charge in [0.15, 0.2) is 0 Å². The van der Waals surface area contributed by atoms with E-state index in [1.54, 1.807) is 0 Å². The molecule has 9 heteroatoms. The maximum absolute atomic E-state index is 14.2. The van der Waals surface area contributed by atoms with Gasteiger partial charge in [0.2, 0.25) is 5.54 Å². The molecule has 2 atom stereocenters. The van der Waals surface area contributed by atoms with Crippen LogP contribution in [0.1, 0.15) is 18.4 Å². The molecule has 0 amide bonds. The van der Waals surface area contributed by atoms with Crippen LogP contribution in [0.4, 0.5) is 13.2 Å². The molecule has 0 unspecified atom stereocenters. The molecule has 26 heavy (non-hydrogen) atoms. The molecule has 1 fully saturated rings. The molecule has 0 bridgehead atoms. The molecule has 1 saturated carbocycles. The number of alkyl halides is 3. The van der Waals surface area contributed by atoms with Crippen LogP contribution in [0, 0.1) is 17.8 Å². The summed E-state index contributed by atoms with van der Waals surface area (Å²) in [4.78, 5) is 0. The van der Waals surface area contributed by atoms with Crippen LogP contribution in [0.2, 0.25) is 0 Å². The van der Waals surface area contributed by atoms with Crippen molar-refractivity contribution < 1.29 is 26.7 Å². The third kappa shape index (κ3) is 5.46. The van der Waals surface area contributed by atoms with Crippen LogP contribution in [0.5, 0.6) is 0 Å². The molecule has 0 heterocycles. The van der Waals surface area contributed by atoms with E-state index in [9.17, 15) is 26.7 Å². The van der Waals surface area contributed by atoms with Crippen molar-refractivity contribution in [1.29, 1.82) is 0 Å². The zero-order valence-corrected chi connectivity index (χ0v) is 16.4. The van der Waals surface area contributed by atoms with Gasteiger partial charge in [0.25, 0.3) is 0 Å². The van der Waals surface area contributed by atoms with E-state index in [-0.39, 0.29) is 11.5 Å². The van der Waals surface area contributed by atoms with E-state index in [0.29, 0.717) is 4.47 Å². The first-order valence-electron chi connectivity index (χ1n) is 7.88. The summed E-state index contributed by atoms with van der Waals surface area (Å²) < 4.78 is 66.1. The molecular weight excluding hydrogens is 435 g/mol. The Bertz CT molecular complexity index is 795. The first kappa shape index (κ1) is 21.2. The van der Waals surface area contributed by atoms with Crippen LogP contribution in [0.3, 0.4) is 0 Å². The molecule has 0 saturated heterocycles. The van der Waals surface area contributed by atoms with Gasteiger partial charge in [-0.05, 0) is 30.5 Å². The Morgan fingerprint density at radius 1 is 1.31 bits per heavy atom. The zero-order chi connectivity index (χ0) is 19.6. The highest BCUT2D eigenvalue weighted by Gasteiger charge is 2.56. The van der Waals surface area contributed by atoms with Crippen LogP contribution in [0.15, 0.2) is 28.7 Å². The van der Waals surface area contributed by atoms with Gasteiger partial charge in [-0.1, -0.05) is 39.9 Å². The van der Waals surface area contributed by atoms with Crippen LogP contribution in [-0.4, -0.2) is 44.4 Å². The molecule has 1 aliphatic carbocycles. The molecule has 144 valence electrons. The van der Waals surface area contributed by atoms with Gasteiger partial charge in [0.1, 0.15) is 9.84 Å². The normalized spacial score (nSPS) is 18.5. The van der Waals surface area contributed by atoms with Crippen LogP contribution >= 0.6 is 15.9 Å². The minimum Gasteiger partial charge on any atom is -0.395 e. The van der Waals surface area contributed by atoms with Crippen LogP contribution in [-0.2, 0) is 15.4 Å². The first-order valence-corrected chi connectivity index (χ1v) is 10.7. The Kier molecular flexibility index (Phi) is 6.44. The third-order valence-electron chi connectivity index (χ3n) is 3.89. The fourth-order valence-corrected chi connectivity index (χ4v) is 3.64. The van der Waals surface area contributed by atoms with E-state index in [0.717, 1.165) is 19.1 Å². The number of halogens is 4. The van der Waals surface area contributed by atoms with Crippen LogP contribution in [0.25, 0.3) is 0 Å². The highest BCUT2D eigenvalue weighted by atomic mass is 79.9. The molecular formula is C17H19BrF3NO3S. The minimum absolute atomic E-state index is 0.0866. The lowest BCUT2D eigenvalue weighted by molar-refractivity contribution is -0.184. The largest absolute Gasteiger partial charge is 0.422 e. The standard InChI is InChI=1S/C17H19BrF3NO3S/c1-26(24,25)11-15(10-23)22-16(17(19,20)21,9-8-12-2-3-12)13-4-6-14(18)7-5-13/h4-7,12,15,22-23H,2-3,10-11H2,1H3/t15-,16+/m1/s1. The topological polar surface area (TPSA) is 66.4 Å². The van der Waals surface area contributed by atoms with Crippen molar-refractivity contribution >= 4 is 25.8 Å². The van der Waals surface area contributed by atoms with Crippen molar-refractivity contribution in [2.24, 2.45) is 5.92 Å². The second kappa shape index (κ2) is 7.89. The Hall–Kier alpha value is -1.08. The molecule has 2 N–H and O–H groups in total. The highest BCUT2D eigenvalue weighted by Crippen LogP contribution is 2.40. The average Bonchev–Trinajstić information content (AvgIpc) is 3.33. The van der Waals surface area contributed by atoms with Gasteiger partial charge in [0, 0.05) is 22.7 Å². The number of sulfone groups is 1. The summed E-state index contributed by atoms with van der Waals surface area (Å²) in [5.74, 6) is 4.23. The number of hydrogen-bond donors (Lipinski definition) is 2. The monoisotopic (exact) mass is 453 g/mol. The van der Waals surface area contributed by atoms with Crippen molar-refractivity contribution in [2.75, 3.05) is 18.6 Å². The Balaban J connectivity index is 2.54. The molecule has 0 aliphatic heterocycles. The van der Waals surface area contributed by atoms with Gasteiger partial charge < -0.3 is 5.11 Å². The number of rotatable bonds is 6. The Labute approximate surface area is 159 Å². The maximum atomic E-state index is 14.2. The second-order valence-electron chi connectivity index (χ2n) is 6.41. The van der Waals surface area contributed by atoms with Crippen molar-refractivity contribution in [3.05, 3.63) is 34.3 Å². The van der Waals surface area contributed by atoms with Gasteiger partial charge in [-0.3, -0.25) is 5.32 Å². The molecule has 0 aromatic heterocycles. The maximum Gasteiger partial charge on any atom is 0.422 e. The number of aliphatic hydroxyl groups excluding tert-OH is 1. The fourth-order valence-electron chi connectivity index (χ4n) is 2.46. The Morgan fingerprint density at radius 3 is 2.31 bits per heavy atom. The van der Waals surface area contributed by atoms with Crippen molar-refractivity contribution in [3.8, 4) is 11.8 Å². The van der Waals surface area contributed by atoms with E-state index < -0.39 is 40.0 Å². The molecule has 1 aromatic rings. The number of aliphatic hydroxyl groups is 1. The molecule has 4 nitrogen and oxygen atoms in total. The van der Waals surface area contributed by atoms with Gasteiger partial charge >= 0.3 is 6.18 Å². The molecule has 0 radical (unpaired) electrons. The quantitative estimate of drug-likeness (QED) is 0.649. The molecule has 1 aliphatic rings. The zero-order valence-electron chi connectivity index (χ0n) is 14.0. The summed E-state index contributed by atoms with van der Waals surface area (Å²) in [6.45, 7) is -0.771. The van der Waals surface area contributed by atoms with E-state index in [4.69, 9.17) is 0 Å². The summed E-state index contributed by atoms with van der Waals surface area (Å²) in [7, 11) is -3.61. The lowest BCUT2D eigenvalue weighted by Crippen LogP contribution is -2.59. The third-order valence-corrected chi connectivity index (χ3v) is 5.43. The summed E-state index contributed by atoms with van der Waals surface area (Å²) in [5.41, 5.74) is -2.93. The van der Waals surface area contributed by atoms with Gasteiger partial charge in [-0.15, -0.1) is 0 Å². The van der Waals surface area contributed by atoms with Crippen molar-refractivity contribution in [1.82, 2.24) is 5.32 Å². The average molecular weight is 454 g/mol. The van der Waals surface area contributed by atoms with E-state index >= 15 is 0 Å². The predicted octanol–water partition coefficient (Wildman–Crippen LogP) is 2.62. The summed E-state index contributed by atoms with van der Waals surface area (Å²) >= 11 is 3.18. The smallest absolute Gasteiger partial charge is 0.395 e. The SMILES string of the molecule is CS(=O)(=O)C[C@@H](CO)N[C@@](C#CC1CC1)(c1ccc(Br)cc1)C(F)(F)F. The highest BCUT2D eigenvalue weighted by molar-refractivity contribution is 9.10. The number of hydrogen-bond acceptors (Lipinski definition) is 4. The summed E-state index contributed by atoms with van der Waals surface area (Å²) in [6, 6.07) is 4.16. The van der Waals surface area contributed by atoms with Crippen molar-refractivity contribution in [3.63, 3.8) is 0 Å². The first-order chi connectivity index (χ1) is 12.0. The van der Waals surface area contributed by atoms with Gasteiger partial charge in [-0.2, -0.15) is 13.2 Å². The summed E-state index contributed by atoms with van der Waals surface area (Å²) in [5, 5.41) is 11.7. The van der Waals surface area contributed by atoms with Crippen LogP contribution < -0.4 is 5.32 Å². The van der Waals surface area contributed by atoms with Gasteiger partial charge in [0.05, 0.1) is 12.4 Å².